The van der Waals surface area contributed by atoms with Crippen LogP contribution in [-0.2, 0) is 14.3 Å². The third kappa shape index (κ3) is 5.05. The maximum Gasteiger partial charge on any atom is 0.230 e. The molecular formula is C28H46N2O5. The standard InChI is InChI=1S/C28H46N2O5/c31-20-11-24(32)26(25(12-20)34-16-18-5-2-1-3-6-18)27(33)30-14-19-7-4-8-23(22(19)15-30)29-28-10-9-21(13-28)35-17-28/h18-26,29,31-32H,1-17H2. The number of carbonyl (C=O) groups excluding carboxylic acids is 1. The van der Waals surface area contributed by atoms with Crippen molar-refractivity contribution in [2.24, 2.45) is 23.7 Å². The molecule has 0 aromatic heterocycles. The van der Waals surface area contributed by atoms with Gasteiger partial charge < -0.3 is 29.9 Å². The fraction of sp³-hybridized carbons (Fsp3) is 0.964. The number of carbonyl (C=O) groups is 1. The van der Waals surface area contributed by atoms with E-state index in [9.17, 15) is 15.0 Å². The highest BCUT2D eigenvalue weighted by Gasteiger charge is 2.51. The van der Waals surface area contributed by atoms with Crippen molar-refractivity contribution in [3.8, 4) is 0 Å². The number of amides is 1. The molecule has 9 unspecified atom stereocenters. The molecule has 3 N–H and O–H groups in total. The molecule has 9 atom stereocenters. The summed E-state index contributed by atoms with van der Waals surface area (Å²) in [6.45, 7) is 3.07. The Bertz CT molecular complexity index is 750. The molecule has 0 aromatic rings. The fourth-order valence-corrected chi connectivity index (χ4v) is 8.53. The summed E-state index contributed by atoms with van der Waals surface area (Å²) >= 11 is 0. The summed E-state index contributed by atoms with van der Waals surface area (Å²) in [7, 11) is 0. The number of likely N-dealkylation sites (tertiary alicyclic amines) is 1. The molecule has 6 aliphatic rings. The number of aliphatic hydroxyl groups is 2. The second kappa shape index (κ2) is 10.2. The molecule has 1 amide bonds. The summed E-state index contributed by atoms with van der Waals surface area (Å²) in [6.07, 6.45) is 12.7. The number of rotatable bonds is 6. The van der Waals surface area contributed by atoms with Crippen molar-refractivity contribution in [2.75, 3.05) is 26.3 Å². The minimum Gasteiger partial charge on any atom is -0.393 e. The van der Waals surface area contributed by atoms with E-state index >= 15 is 0 Å². The van der Waals surface area contributed by atoms with Gasteiger partial charge in [-0.05, 0) is 62.7 Å². The maximum atomic E-state index is 13.9. The smallest absolute Gasteiger partial charge is 0.230 e. The molecule has 2 heterocycles. The highest BCUT2D eigenvalue weighted by molar-refractivity contribution is 5.80. The van der Waals surface area contributed by atoms with E-state index in [0.29, 0.717) is 42.9 Å². The largest absolute Gasteiger partial charge is 0.393 e. The van der Waals surface area contributed by atoms with E-state index in [1.54, 1.807) is 0 Å². The Morgan fingerprint density at radius 1 is 1.03 bits per heavy atom. The lowest BCUT2D eigenvalue weighted by atomic mass is 9.77. The zero-order valence-corrected chi connectivity index (χ0v) is 21.3. The van der Waals surface area contributed by atoms with Gasteiger partial charge in [0.2, 0.25) is 5.91 Å². The predicted octanol–water partition coefficient (Wildman–Crippen LogP) is 2.62. The molecule has 4 aliphatic carbocycles. The molecule has 7 heteroatoms. The molecule has 198 valence electrons. The first-order valence-electron chi connectivity index (χ1n) is 14.7. The van der Waals surface area contributed by atoms with Gasteiger partial charge in [0.25, 0.3) is 0 Å². The first-order chi connectivity index (χ1) is 17.0. The second-order valence-corrected chi connectivity index (χ2v) is 12.9. The summed E-state index contributed by atoms with van der Waals surface area (Å²) in [5.74, 6) is 1.07. The lowest BCUT2D eigenvalue weighted by molar-refractivity contribution is -0.158. The Balaban J connectivity index is 1.11. The zero-order chi connectivity index (χ0) is 24.0. The van der Waals surface area contributed by atoms with Crippen LogP contribution in [0.25, 0.3) is 0 Å². The molecule has 0 radical (unpaired) electrons. The minimum atomic E-state index is -0.830. The van der Waals surface area contributed by atoms with E-state index in [1.807, 2.05) is 4.90 Å². The van der Waals surface area contributed by atoms with Gasteiger partial charge in [-0.1, -0.05) is 25.7 Å². The van der Waals surface area contributed by atoms with Gasteiger partial charge in [0.1, 0.15) is 0 Å². The van der Waals surface area contributed by atoms with Crippen molar-refractivity contribution in [3.63, 3.8) is 0 Å². The van der Waals surface area contributed by atoms with Gasteiger partial charge in [-0.3, -0.25) is 4.79 Å². The van der Waals surface area contributed by atoms with Crippen LogP contribution in [-0.4, -0.2) is 83.3 Å². The molecule has 35 heavy (non-hydrogen) atoms. The summed E-state index contributed by atoms with van der Waals surface area (Å²) in [4.78, 5) is 15.9. The van der Waals surface area contributed by atoms with Crippen LogP contribution in [0.1, 0.15) is 83.5 Å². The Labute approximate surface area is 210 Å². The van der Waals surface area contributed by atoms with E-state index in [2.05, 4.69) is 5.32 Å². The van der Waals surface area contributed by atoms with E-state index in [4.69, 9.17) is 9.47 Å². The van der Waals surface area contributed by atoms with Crippen LogP contribution in [0, 0.1) is 23.7 Å². The van der Waals surface area contributed by atoms with Crippen LogP contribution in [0.2, 0.25) is 0 Å². The predicted molar refractivity (Wildman–Crippen MR) is 132 cm³/mol. The van der Waals surface area contributed by atoms with Crippen molar-refractivity contribution < 1.29 is 24.5 Å². The van der Waals surface area contributed by atoms with E-state index < -0.39 is 18.1 Å². The number of ether oxygens (including phenoxy) is 2. The Morgan fingerprint density at radius 2 is 1.89 bits per heavy atom. The van der Waals surface area contributed by atoms with Crippen LogP contribution in [0.5, 0.6) is 0 Å². The Hall–Kier alpha value is -0.730. The topological polar surface area (TPSA) is 91.3 Å². The number of aliphatic hydroxyl groups excluding tert-OH is 2. The monoisotopic (exact) mass is 490 g/mol. The molecule has 2 bridgehead atoms. The van der Waals surface area contributed by atoms with Crippen molar-refractivity contribution in [3.05, 3.63) is 0 Å². The summed E-state index contributed by atoms with van der Waals surface area (Å²) in [6, 6.07) is 0.448. The number of hydrogen-bond donors (Lipinski definition) is 3. The van der Waals surface area contributed by atoms with Crippen molar-refractivity contribution in [1.82, 2.24) is 10.2 Å². The van der Waals surface area contributed by atoms with Crippen LogP contribution in [0.15, 0.2) is 0 Å². The Morgan fingerprint density at radius 3 is 2.63 bits per heavy atom. The van der Waals surface area contributed by atoms with Crippen LogP contribution < -0.4 is 5.32 Å². The average Bonchev–Trinajstić information content (AvgIpc) is 3.57. The van der Waals surface area contributed by atoms with Gasteiger partial charge >= 0.3 is 0 Å². The molecule has 0 spiro atoms. The quantitative estimate of drug-likeness (QED) is 0.530. The number of fused-ring (bicyclic) bond motifs is 3. The normalized spacial score (nSPS) is 46.2. The highest BCUT2D eigenvalue weighted by atomic mass is 16.5. The van der Waals surface area contributed by atoms with Crippen LogP contribution in [0.3, 0.4) is 0 Å². The van der Waals surface area contributed by atoms with E-state index in [1.165, 1.54) is 64.2 Å². The molecular weight excluding hydrogens is 444 g/mol. The first-order valence-corrected chi connectivity index (χ1v) is 14.7. The molecule has 2 aliphatic heterocycles. The van der Waals surface area contributed by atoms with E-state index in [-0.39, 0.29) is 24.0 Å². The summed E-state index contributed by atoms with van der Waals surface area (Å²) in [5.41, 5.74) is 0.155. The third-order valence-corrected chi connectivity index (χ3v) is 10.4. The van der Waals surface area contributed by atoms with Gasteiger partial charge in [-0.2, -0.15) is 0 Å². The lowest BCUT2D eigenvalue weighted by Crippen LogP contribution is -2.55. The van der Waals surface area contributed by atoms with Gasteiger partial charge in [0.15, 0.2) is 0 Å². The van der Waals surface area contributed by atoms with Gasteiger partial charge in [0.05, 0.1) is 36.9 Å². The SMILES string of the molecule is O=C(C1C(O)CC(O)CC1OCC1CCCCC1)N1CC2CCCC(NC34CCC(C3)OC4)C2C1. The van der Waals surface area contributed by atoms with Crippen LogP contribution in [0.4, 0.5) is 0 Å². The lowest BCUT2D eigenvalue weighted by Gasteiger charge is -2.40. The molecule has 0 aromatic carbocycles. The molecule has 7 nitrogen and oxygen atoms in total. The van der Waals surface area contributed by atoms with Gasteiger partial charge in [-0.15, -0.1) is 0 Å². The summed E-state index contributed by atoms with van der Waals surface area (Å²) in [5, 5.41) is 25.3. The maximum absolute atomic E-state index is 13.9. The fourth-order valence-electron chi connectivity index (χ4n) is 8.53. The second-order valence-electron chi connectivity index (χ2n) is 12.9. The molecule has 2 saturated heterocycles. The zero-order valence-electron chi connectivity index (χ0n) is 21.3. The number of nitrogens with zero attached hydrogens (tertiary/aromatic N) is 1. The van der Waals surface area contributed by atoms with Crippen molar-refractivity contribution in [1.29, 1.82) is 0 Å². The van der Waals surface area contributed by atoms with Crippen molar-refractivity contribution >= 4 is 5.91 Å². The van der Waals surface area contributed by atoms with Gasteiger partial charge in [-0.25, -0.2) is 0 Å². The van der Waals surface area contributed by atoms with Crippen molar-refractivity contribution in [2.45, 2.75) is 119 Å². The summed E-state index contributed by atoms with van der Waals surface area (Å²) < 4.78 is 12.3. The van der Waals surface area contributed by atoms with Crippen LogP contribution >= 0.6 is 0 Å². The minimum absolute atomic E-state index is 0.0505. The average molecular weight is 491 g/mol. The molecule has 4 saturated carbocycles. The first kappa shape index (κ1) is 24.6. The molecule has 6 rings (SSSR count). The third-order valence-electron chi connectivity index (χ3n) is 10.4. The van der Waals surface area contributed by atoms with E-state index in [0.717, 1.165) is 26.1 Å². The van der Waals surface area contributed by atoms with Gasteiger partial charge in [0, 0.05) is 44.1 Å². The number of nitrogens with one attached hydrogen (secondary N) is 1. The molecule has 6 fully saturated rings. The highest BCUT2D eigenvalue weighted by Crippen LogP contribution is 2.43. The number of hydrogen-bond acceptors (Lipinski definition) is 6. The Kier molecular flexibility index (Phi) is 7.17.